The van der Waals surface area contributed by atoms with E-state index in [9.17, 15) is 8.78 Å². The zero-order chi connectivity index (χ0) is 7.49. The lowest BCUT2D eigenvalue weighted by molar-refractivity contribution is 0.0137. The van der Waals surface area contributed by atoms with E-state index in [4.69, 9.17) is 0 Å². The highest BCUT2D eigenvalue weighted by atomic mass is 127. The molecule has 1 unspecified atom stereocenters. The molecule has 0 fully saturated rings. The Kier molecular flexibility index (Phi) is 3.93. The van der Waals surface area contributed by atoms with E-state index >= 15 is 0 Å². The van der Waals surface area contributed by atoms with Gasteiger partial charge in [-0.25, -0.2) is 8.78 Å². The molecule has 0 nitrogen and oxygen atoms in total. The molecule has 0 saturated carbocycles. The quantitative estimate of drug-likeness (QED) is 0.531. The number of hydrogen-bond acceptors (Lipinski definition) is 0. The molecule has 0 aliphatic rings. The molecule has 1 atom stereocenters. The van der Waals surface area contributed by atoms with Gasteiger partial charge < -0.3 is 0 Å². The summed E-state index contributed by atoms with van der Waals surface area (Å²) in [4.78, 5) is 0. The van der Waals surface area contributed by atoms with Crippen molar-refractivity contribution in [2.45, 2.75) is 36.5 Å². The molecule has 0 aromatic heterocycles. The molecular formula is C6H11F2I. The van der Waals surface area contributed by atoms with Crippen molar-refractivity contribution in [1.82, 2.24) is 0 Å². The van der Waals surface area contributed by atoms with E-state index in [-0.39, 0.29) is 10.3 Å². The maximum atomic E-state index is 12.2. The van der Waals surface area contributed by atoms with Crippen LogP contribution in [0, 0.1) is 0 Å². The van der Waals surface area contributed by atoms with E-state index in [0.29, 0.717) is 0 Å². The van der Waals surface area contributed by atoms with Crippen LogP contribution < -0.4 is 0 Å². The minimum atomic E-state index is -2.48. The van der Waals surface area contributed by atoms with Crippen molar-refractivity contribution in [2.24, 2.45) is 0 Å². The summed E-state index contributed by atoms with van der Waals surface area (Å²) in [5.74, 6) is -2.48. The lowest BCUT2D eigenvalue weighted by atomic mass is 10.2. The molecule has 0 aliphatic heterocycles. The number of halogens is 3. The van der Waals surface area contributed by atoms with Crippen molar-refractivity contribution < 1.29 is 8.78 Å². The lowest BCUT2D eigenvalue weighted by Crippen LogP contribution is -2.15. The Hall–Kier alpha value is 0.590. The summed E-state index contributed by atoms with van der Waals surface area (Å²) in [6.07, 6.45) is 0.827. The summed E-state index contributed by atoms with van der Waals surface area (Å²) in [5, 5.41) is 0. The van der Waals surface area contributed by atoms with Crippen molar-refractivity contribution in [3.63, 3.8) is 0 Å². The van der Waals surface area contributed by atoms with Gasteiger partial charge in [0.05, 0.1) is 0 Å². The van der Waals surface area contributed by atoms with Gasteiger partial charge in [0, 0.05) is 10.3 Å². The van der Waals surface area contributed by atoms with Crippen molar-refractivity contribution in [3.8, 4) is 0 Å². The summed E-state index contributed by atoms with van der Waals surface area (Å²) in [6.45, 7) is 2.89. The van der Waals surface area contributed by atoms with Gasteiger partial charge >= 0.3 is 0 Å². The Bertz CT molecular complexity index is 77.6. The van der Waals surface area contributed by atoms with Crippen molar-refractivity contribution in [1.29, 1.82) is 0 Å². The molecule has 0 radical (unpaired) electrons. The van der Waals surface area contributed by atoms with Gasteiger partial charge in [0.1, 0.15) is 0 Å². The Balaban J connectivity index is 3.47. The summed E-state index contributed by atoms with van der Waals surface area (Å²) >= 11 is 2.05. The molecule has 0 aliphatic carbocycles. The first kappa shape index (κ1) is 9.59. The fourth-order valence-electron chi connectivity index (χ4n) is 0.533. The highest BCUT2D eigenvalue weighted by molar-refractivity contribution is 14.1. The third-order valence-corrected chi connectivity index (χ3v) is 2.34. The molecular weight excluding hydrogens is 237 g/mol. The van der Waals surface area contributed by atoms with Crippen LogP contribution in [0.4, 0.5) is 8.78 Å². The molecule has 0 saturated heterocycles. The predicted octanol–water partition coefficient (Wildman–Crippen LogP) is 3.25. The lowest BCUT2D eigenvalue weighted by Gasteiger charge is -2.12. The van der Waals surface area contributed by atoms with E-state index in [1.165, 1.54) is 0 Å². The van der Waals surface area contributed by atoms with Crippen LogP contribution in [-0.4, -0.2) is 9.85 Å². The van der Waals surface area contributed by atoms with Crippen LogP contribution in [-0.2, 0) is 0 Å². The van der Waals surface area contributed by atoms with Gasteiger partial charge in [-0.1, -0.05) is 29.5 Å². The largest absolute Gasteiger partial charge is 0.246 e. The fraction of sp³-hybridized carbons (Fsp3) is 1.00. The van der Waals surface area contributed by atoms with Crippen molar-refractivity contribution in [2.75, 3.05) is 0 Å². The topological polar surface area (TPSA) is 0 Å². The number of rotatable bonds is 3. The molecule has 0 spiro atoms. The van der Waals surface area contributed by atoms with Gasteiger partial charge in [-0.05, 0) is 13.3 Å². The van der Waals surface area contributed by atoms with E-state index < -0.39 is 5.92 Å². The van der Waals surface area contributed by atoms with Crippen LogP contribution in [0.1, 0.15) is 26.7 Å². The van der Waals surface area contributed by atoms with Crippen molar-refractivity contribution in [3.05, 3.63) is 0 Å². The Morgan fingerprint density at radius 2 is 2.00 bits per heavy atom. The molecule has 3 heteroatoms. The third-order valence-electron chi connectivity index (χ3n) is 1.02. The molecule has 0 bridgehead atoms. The first-order chi connectivity index (χ1) is 3.95. The summed E-state index contributed by atoms with van der Waals surface area (Å²) in [5.41, 5.74) is 0. The summed E-state index contributed by atoms with van der Waals surface area (Å²) in [6, 6.07) is 0. The average molecular weight is 248 g/mol. The van der Waals surface area contributed by atoms with Gasteiger partial charge in [0.2, 0.25) is 5.92 Å². The second-order valence-electron chi connectivity index (χ2n) is 2.28. The highest BCUT2D eigenvalue weighted by Crippen LogP contribution is 2.24. The third kappa shape index (κ3) is 6.48. The van der Waals surface area contributed by atoms with Crippen LogP contribution in [0.3, 0.4) is 0 Å². The van der Waals surface area contributed by atoms with Crippen LogP contribution in [0.25, 0.3) is 0 Å². The SMILES string of the molecule is CCC(I)CC(C)(F)F. The molecule has 0 N–H and O–H groups in total. The molecule has 56 valence electrons. The number of alkyl halides is 3. The first-order valence-electron chi connectivity index (χ1n) is 2.97. The summed E-state index contributed by atoms with van der Waals surface area (Å²) < 4.78 is 24.4. The van der Waals surface area contributed by atoms with Crippen LogP contribution in [0.2, 0.25) is 0 Å². The molecule has 0 heterocycles. The van der Waals surface area contributed by atoms with Gasteiger partial charge in [-0.15, -0.1) is 0 Å². The highest BCUT2D eigenvalue weighted by Gasteiger charge is 2.23. The first-order valence-corrected chi connectivity index (χ1v) is 4.22. The number of hydrogen-bond donors (Lipinski definition) is 0. The second-order valence-corrected chi connectivity index (χ2v) is 4.04. The van der Waals surface area contributed by atoms with Gasteiger partial charge in [0.15, 0.2) is 0 Å². The van der Waals surface area contributed by atoms with Crippen molar-refractivity contribution >= 4 is 22.6 Å². The Labute approximate surface area is 68.2 Å². The zero-order valence-electron chi connectivity index (χ0n) is 5.63. The zero-order valence-corrected chi connectivity index (χ0v) is 7.78. The van der Waals surface area contributed by atoms with E-state index in [1.807, 2.05) is 6.92 Å². The second kappa shape index (κ2) is 3.68. The average Bonchev–Trinajstić information content (AvgIpc) is 1.62. The van der Waals surface area contributed by atoms with Gasteiger partial charge in [0.25, 0.3) is 0 Å². The monoisotopic (exact) mass is 248 g/mol. The van der Waals surface area contributed by atoms with Gasteiger partial charge in [-0.3, -0.25) is 0 Å². The van der Waals surface area contributed by atoms with Crippen LogP contribution in [0.15, 0.2) is 0 Å². The van der Waals surface area contributed by atoms with E-state index in [2.05, 4.69) is 22.6 Å². The van der Waals surface area contributed by atoms with Gasteiger partial charge in [-0.2, -0.15) is 0 Å². The Morgan fingerprint density at radius 1 is 1.56 bits per heavy atom. The maximum Gasteiger partial charge on any atom is 0.246 e. The van der Waals surface area contributed by atoms with Crippen LogP contribution >= 0.6 is 22.6 Å². The molecule has 0 rings (SSSR count). The normalized spacial score (nSPS) is 15.7. The van der Waals surface area contributed by atoms with E-state index in [1.54, 1.807) is 0 Å². The standard InChI is InChI=1S/C6H11F2I/c1-3-5(9)4-6(2,7)8/h5H,3-4H2,1-2H3. The van der Waals surface area contributed by atoms with E-state index in [0.717, 1.165) is 13.3 Å². The molecule has 0 aromatic rings. The Morgan fingerprint density at radius 3 is 2.11 bits per heavy atom. The predicted molar refractivity (Wildman–Crippen MR) is 43.3 cm³/mol. The maximum absolute atomic E-state index is 12.2. The fourth-order valence-corrected chi connectivity index (χ4v) is 1.31. The smallest absolute Gasteiger partial charge is 0.207 e. The minimum absolute atomic E-state index is 0.00403. The molecule has 0 aromatic carbocycles. The van der Waals surface area contributed by atoms with Crippen LogP contribution in [0.5, 0.6) is 0 Å². The molecule has 9 heavy (non-hydrogen) atoms. The minimum Gasteiger partial charge on any atom is -0.207 e. The molecule has 0 amide bonds. The summed E-state index contributed by atoms with van der Waals surface area (Å²) in [7, 11) is 0.